The van der Waals surface area contributed by atoms with Crippen molar-refractivity contribution >= 4 is 11.9 Å². The largest absolute Gasteiger partial charge is 0.481 e. The SMILES string of the molecule is O=C(O)CCCCCCCC(=O)O.OCCCCCCO. The summed E-state index contributed by atoms with van der Waals surface area (Å²) in [5.41, 5.74) is 0. The van der Waals surface area contributed by atoms with Gasteiger partial charge in [0, 0.05) is 26.1 Å². The molecule has 0 radical (unpaired) electrons. The summed E-state index contributed by atoms with van der Waals surface area (Å²) in [7, 11) is 0. The first-order chi connectivity index (χ1) is 10.0. The zero-order chi connectivity index (χ0) is 16.3. The quantitative estimate of drug-likeness (QED) is 0.388. The van der Waals surface area contributed by atoms with E-state index in [4.69, 9.17) is 20.4 Å². The summed E-state index contributed by atoms with van der Waals surface area (Å²) in [4.78, 5) is 20.2. The third-order valence-corrected chi connectivity index (χ3v) is 2.85. The van der Waals surface area contributed by atoms with Gasteiger partial charge in [-0.1, -0.05) is 32.1 Å². The van der Waals surface area contributed by atoms with Crippen LogP contribution >= 0.6 is 0 Å². The van der Waals surface area contributed by atoms with E-state index in [0.717, 1.165) is 44.9 Å². The highest BCUT2D eigenvalue weighted by Crippen LogP contribution is 2.06. The standard InChI is InChI=1S/C9H16O4.C6H14O2/c10-8(11)6-4-2-1-3-5-7-9(12)13;7-5-3-1-2-4-6-8/h1-7H2,(H,10,11)(H,12,13);7-8H,1-6H2. The Bertz CT molecular complexity index is 218. The Morgan fingerprint density at radius 2 is 0.810 bits per heavy atom. The number of carbonyl (C=O) groups is 2. The topological polar surface area (TPSA) is 115 Å². The van der Waals surface area contributed by atoms with Crippen molar-refractivity contribution in [3.05, 3.63) is 0 Å². The molecule has 0 aliphatic heterocycles. The number of hydrogen-bond acceptors (Lipinski definition) is 4. The first kappa shape index (κ1) is 22.1. The van der Waals surface area contributed by atoms with Crippen LogP contribution in [0.1, 0.15) is 70.6 Å². The minimum atomic E-state index is -0.759. The summed E-state index contributed by atoms with van der Waals surface area (Å²) < 4.78 is 0. The van der Waals surface area contributed by atoms with Crippen molar-refractivity contribution in [2.45, 2.75) is 70.6 Å². The third kappa shape index (κ3) is 27.9. The van der Waals surface area contributed by atoms with Crippen molar-refractivity contribution in [1.82, 2.24) is 0 Å². The van der Waals surface area contributed by atoms with Crippen LogP contribution in [0.2, 0.25) is 0 Å². The number of aliphatic hydroxyl groups excluding tert-OH is 2. The molecule has 0 aliphatic carbocycles. The molecule has 6 heteroatoms. The smallest absolute Gasteiger partial charge is 0.303 e. The van der Waals surface area contributed by atoms with E-state index >= 15 is 0 Å². The first-order valence-corrected chi connectivity index (χ1v) is 7.70. The van der Waals surface area contributed by atoms with Gasteiger partial charge in [0.25, 0.3) is 0 Å². The second kappa shape index (κ2) is 18.9. The van der Waals surface area contributed by atoms with Gasteiger partial charge < -0.3 is 20.4 Å². The lowest BCUT2D eigenvalue weighted by Gasteiger charge is -1.97. The highest BCUT2D eigenvalue weighted by atomic mass is 16.4. The summed E-state index contributed by atoms with van der Waals surface area (Å²) in [5.74, 6) is -1.52. The second-order valence-corrected chi connectivity index (χ2v) is 4.92. The lowest BCUT2D eigenvalue weighted by molar-refractivity contribution is -0.138. The molecule has 0 aromatic carbocycles. The van der Waals surface area contributed by atoms with E-state index < -0.39 is 11.9 Å². The molecule has 21 heavy (non-hydrogen) atoms. The van der Waals surface area contributed by atoms with Crippen molar-refractivity contribution in [3.63, 3.8) is 0 Å². The van der Waals surface area contributed by atoms with Crippen LogP contribution in [0.15, 0.2) is 0 Å². The number of unbranched alkanes of at least 4 members (excludes halogenated alkanes) is 7. The molecule has 0 rings (SSSR count). The molecule has 0 heterocycles. The summed E-state index contributed by atoms with van der Waals surface area (Å²) >= 11 is 0. The predicted octanol–water partition coefficient (Wildman–Crippen LogP) is 2.42. The van der Waals surface area contributed by atoms with Crippen LogP contribution in [-0.4, -0.2) is 45.6 Å². The molecule has 0 unspecified atom stereocenters. The molecule has 0 saturated carbocycles. The zero-order valence-electron chi connectivity index (χ0n) is 12.8. The molecule has 0 aliphatic rings. The number of carboxylic acids is 2. The van der Waals surface area contributed by atoms with Crippen LogP contribution in [0.5, 0.6) is 0 Å². The lowest BCUT2D eigenvalue weighted by atomic mass is 10.1. The maximum atomic E-state index is 10.1. The Morgan fingerprint density at radius 1 is 0.524 bits per heavy atom. The molecular weight excluding hydrogens is 276 g/mol. The monoisotopic (exact) mass is 306 g/mol. The molecule has 0 aromatic heterocycles. The maximum absolute atomic E-state index is 10.1. The van der Waals surface area contributed by atoms with Crippen LogP contribution in [0.4, 0.5) is 0 Å². The second-order valence-electron chi connectivity index (χ2n) is 4.92. The van der Waals surface area contributed by atoms with Crippen LogP contribution in [0.3, 0.4) is 0 Å². The number of hydrogen-bond donors (Lipinski definition) is 4. The Hall–Kier alpha value is -1.14. The molecule has 0 saturated heterocycles. The molecule has 126 valence electrons. The van der Waals surface area contributed by atoms with Gasteiger partial charge >= 0.3 is 11.9 Å². The van der Waals surface area contributed by atoms with Gasteiger partial charge in [-0.3, -0.25) is 9.59 Å². The van der Waals surface area contributed by atoms with E-state index in [2.05, 4.69) is 0 Å². The van der Waals surface area contributed by atoms with E-state index in [0.29, 0.717) is 12.8 Å². The number of aliphatic hydroxyl groups is 2. The average Bonchev–Trinajstić information content (AvgIpc) is 2.43. The van der Waals surface area contributed by atoms with Crippen LogP contribution in [0, 0.1) is 0 Å². The molecule has 0 aromatic rings. The number of rotatable bonds is 13. The van der Waals surface area contributed by atoms with E-state index in [-0.39, 0.29) is 26.1 Å². The van der Waals surface area contributed by atoms with Crippen molar-refractivity contribution < 1.29 is 30.0 Å². The van der Waals surface area contributed by atoms with Crippen molar-refractivity contribution in [3.8, 4) is 0 Å². The minimum Gasteiger partial charge on any atom is -0.481 e. The Kier molecular flexibility index (Phi) is 19.9. The van der Waals surface area contributed by atoms with Crippen molar-refractivity contribution in [2.75, 3.05) is 13.2 Å². The summed E-state index contributed by atoms with van der Waals surface area (Å²) in [6, 6.07) is 0. The Morgan fingerprint density at radius 3 is 1.10 bits per heavy atom. The molecule has 0 amide bonds. The fraction of sp³-hybridized carbons (Fsp3) is 0.867. The number of aliphatic carboxylic acids is 2. The molecule has 4 N–H and O–H groups in total. The normalized spacial score (nSPS) is 9.81. The molecule has 0 fully saturated rings. The lowest BCUT2D eigenvalue weighted by Crippen LogP contribution is -1.95. The van der Waals surface area contributed by atoms with Gasteiger partial charge in [0.1, 0.15) is 0 Å². The molecule has 6 nitrogen and oxygen atoms in total. The van der Waals surface area contributed by atoms with Gasteiger partial charge in [-0.2, -0.15) is 0 Å². The van der Waals surface area contributed by atoms with Gasteiger partial charge in [-0.15, -0.1) is 0 Å². The fourth-order valence-corrected chi connectivity index (χ4v) is 1.66. The van der Waals surface area contributed by atoms with Gasteiger partial charge in [0.15, 0.2) is 0 Å². The molecular formula is C15H30O6. The molecule has 0 spiro atoms. The summed E-state index contributed by atoms with van der Waals surface area (Å²) in [6.07, 6.45) is 8.36. The first-order valence-electron chi connectivity index (χ1n) is 7.70. The number of carboxylic acid groups (broad SMARTS) is 2. The fourth-order valence-electron chi connectivity index (χ4n) is 1.66. The van der Waals surface area contributed by atoms with E-state index in [1.807, 2.05) is 0 Å². The summed E-state index contributed by atoms with van der Waals surface area (Å²) in [6.45, 7) is 0.566. The van der Waals surface area contributed by atoms with Gasteiger partial charge in [-0.05, 0) is 25.7 Å². The maximum Gasteiger partial charge on any atom is 0.303 e. The van der Waals surface area contributed by atoms with E-state index in [9.17, 15) is 9.59 Å². The van der Waals surface area contributed by atoms with E-state index in [1.54, 1.807) is 0 Å². The van der Waals surface area contributed by atoms with Crippen molar-refractivity contribution in [2.24, 2.45) is 0 Å². The van der Waals surface area contributed by atoms with Crippen LogP contribution < -0.4 is 0 Å². The summed E-state index contributed by atoms with van der Waals surface area (Å²) in [5, 5.41) is 33.2. The van der Waals surface area contributed by atoms with Crippen LogP contribution in [0.25, 0.3) is 0 Å². The Balaban J connectivity index is 0. The minimum absolute atomic E-state index is 0.221. The van der Waals surface area contributed by atoms with Gasteiger partial charge in [-0.25, -0.2) is 0 Å². The average molecular weight is 306 g/mol. The van der Waals surface area contributed by atoms with E-state index in [1.165, 1.54) is 0 Å². The van der Waals surface area contributed by atoms with Gasteiger partial charge in [0.05, 0.1) is 0 Å². The van der Waals surface area contributed by atoms with Crippen molar-refractivity contribution in [1.29, 1.82) is 0 Å². The molecule has 0 atom stereocenters. The predicted molar refractivity (Wildman–Crippen MR) is 80.2 cm³/mol. The Labute approximate surface area is 126 Å². The third-order valence-electron chi connectivity index (χ3n) is 2.85. The zero-order valence-corrected chi connectivity index (χ0v) is 12.8. The van der Waals surface area contributed by atoms with Crippen LogP contribution in [-0.2, 0) is 9.59 Å². The highest BCUT2D eigenvalue weighted by molar-refractivity contribution is 5.66. The van der Waals surface area contributed by atoms with Gasteiger partial charge in [0.2, 0.25) is 0 Å². The highest BCUT2D eigenvalue weighted by Gasteiger charge is 1.98. The molecule has 0 bridgehead atoms.